The number of rotatable bonds is 1. The fourth-order valence-corrected chi connectivity index (χ4v) is 2.44. The van der Waals surface area contributed by atoms with E-state index in [9.17, 15) is 18.0 Å². The van der Waals surface area contributed by atoms with Gasteiger partial charge in [0, 0.05) is 19.6 Å². The van der Waals surface area contributed by atoms with Crippen LogP contribution in [-0.4, -0.2) is 36.2 Å². The Bertz CT molecular complexity index is 550. The number of piperazine rings is 1. The van der Waals surface area contributed by atoms with Crippen molar-refractivity contribution in [3.63, 3.8) is 0 Å². The van der Waals surface area contributed by atoms with Gasteiger partial charge in [0.05, 0.1) is 11.6 Å². The van der Waals surface area contributed by atoms with E-state index in [1.165, 1.54) is 12.1 Å². The molecule has 0 aromatic heterocycles. The lowest BCUT2D eigenvalue weighted by Crippen LogP contribution is -2.50. The predicted molar refractivity (Wildman–Crippen MR) is 80.0 cm³/mol. The van der Waals surface area contributed by atoms with Crippen LogP contribution in [0.2, 0.25) is 0 Å². The van der Waals surface area contributed by atoms with E-state index in [-0.39, 0.29) is 6.04 Å². The van der Waals surface area contributed by atoms with Crippen molar-refractivity contribution in [1.82, 2.24) is 10.2 Å². The number of nitrogens with zero attached hydrogens (tertiary/aromatic N) is 1. The van der Waals surface area contributed by atoms with Gasteiger partial charge in [-0.05, 0) is 38.5 Å². The summed E-state index contributed by atoms with van der Waals surface area (Å²) < 4.78 is 43.4. The molecule has 4 nitrogen and oxygen atoms in total. The summed E-state index contributed by atoms with van der Waals surface area (Å²) in [6.45, 7) is 6.88. The zero-order valence-corrected chi connectivity index (χ0v) is 13.4. The first-order valence-electron chi connectivity index (χ1n) is 7.45. The zero-order chi connectivity index (χ0) is 17.3. The lowest BCUT2D eigenvalue weighted by molar-refractivity contribution is -0.137. The standard InChI is InChI=1S/C16H21F3N2O2/c1-15(2,3)23-14(22)21-9-8-20-10-13(21)11-4-6-12(7-5-11)16(17,18)19/h4-7,13,20H,8-10H2,1-3H3/t13-/m1/s1. The van der Waals surface area contributed by atoms with Crippen molar-refractivity contribution in [1.29, 1.82) is 0 Å². The van der Waals surface area contributed by atoms with E-state index in [0.29, 0.717) is 25.2 Å². The number of hydrogen-bond acceptors (Lipinski definition) is 3. The summed E-state index contributed by atoms with van der Waals surface area (Å²) in [5.41, 5.74) is -0.669. The maximum Gasteiger partial charge on any atom is 0.416 e. The van der Waals surface area contributed by atoms with Crippen LogP contribution in [0.3, 0.4) is 0 Å². The number of nitrogens with one attached hydrogen (secondary N) is 1. The molecular formula is C16H21F3N2O2. The fraction of sp³-hybridized carbons (Fsp3) is 0.562. The molecule has 1 saturated heterocycles. The minimum Gasteiger partial charge on any atom is -0.444 e. The van der Waals surface area contributed by atoms with E-state index in [1.807, 2.05) is 0 Å². The van der Waals surface area contributed by atoms with Crippen LogP contribution in [0.15, 0.2) is 24.3 Å². The molecule has 2 rings (SSSR count). The van der Waals surface area contributed by atoms with Gasteiger partial charge in [0.1, 0.15) is 5.60 Å². The van der Waals surface area contributed by atoms with Crippen molar-refractivity contribution in [3.8, 4) is 0 Å². The van der Waals surface area contributed by atoms with Gasteiger partial charge in [0.25, 0.3) is 0 Å². The van der Waals surface area contributed by atoms with Crippen molar-refractivity contribution >= 4 is 6.09 Å². The fourth-order valence-electron chi connectivity index (χ4n) is 2.44. The SMILES string of the molecule is CC(C)(C)OC(=O)N1CCNC[C@@H]1c1ccc(C(F)(F)F)cc1. The zero-order valence-electron chi connectivity index (χ0n) is 13.4. The molecule has 1 aliphatic rings. The van der Waals surface area contributed by atoms with Crippen LogP contribution in [0.4, 0.5) is 18.0 Å². The maximum atomic E-state index is 12.7. The van der Waals surface area contributed by atoms with Gasteiger partial charge >= 0.3 is 12.3 Å². The van der Waals surface area contributed by atoms with Gasteiger partial charge in [-0.15, -0.1) is 0 Å². The monoisotopic (exact) mass is 330 g/mol. The van der Waals surface area contributed by atoms with Gasteiger partial charge in [-0.1, -0.05) is 12.1 Å². The van der Waals surface area contributed by atoms with Crippen molar-refractivity contribution in [2.45, 2.75) is 38.6 Å². The summed E-state index contributed by atoms with van der Waals surface area (Å²) in [5, 5.41) is 3.15. The third-order valence-corrected chi connectivity index (χ3v) is 3.49. The molecule has 0 spiro atoms. The number of hydrogen-bond donors (Lipinski definition) is 1. The smallest absolute Gasteiger partial charge is 0.416 e. The van der Waals surface area contributed by atoms with Crippen molar-refractivity contribution in [3.05, 3.63) is 35.4 Å². The molecule has 7 heteroatoms. The number of carbonyl (C=O) groups is 1. The molecule has 1 aromatic rings. The molecule has 1 fully saturated rings. The van der Waals surface area contributed by atoms with Gasteiger partial charge in [-0.3, -0.25) is 4.90 Å². The molecule has 0 bridgehead atoms. The lowest BCUT2D eigenvalue weighted by Gasteiger charge is -2.37. The second kappa shape index (κ2) is 6.39. The molecular weight excluding hydrogens is 309 g/mol. The number of amides is 1. The Morgan fingerprint density at radius 3 is 2.35 bits per heavy atom. The Balaban J connectivity index is 2.19. The van der Waals surface area contributed by atoms with E-state index >= 15 is 0 Å². The summed E-state index contributed by atoms with van der Waals surface area (Å²) in [6.07, 6.45) is -4.82. The molecule has 1 N–H and O–H groups in total. The van der Waals surface area contributed by atoms with Gasteiger partial charge < -0.3 is 10.1 Å². The quantitative estimate of drug-likeness (QED) is 0.856. The molecule has 0 saturated carbocycles. The number of ether oxygens (including phenoxy) is 1. The largest absolute Gasteiger partial charge is 0.444 e. The average molecular weight is 330 g/mol. The number of carbonyl (C=O) groups excluding carboxylic acids is 1. The van der Waals surface area contributed by atoms with Crippen LogP contribution < -0.4 is 5.32 Å². The van der Waals surface area contributed by atoms with Crippen LogP contribution in [0.25, 0.3) is 0 Å². The van der Waals surface area contributed by atoms with Crippen molar-refractivity contribution in [2.24, 2.45) is 0 Å². The Labute approximate surface area is 133 Å². The van der Waals surface area contributed by atoms with Crippen LogP contribution in [0, 0.1) is 0 Å². The molecule has 1 aromatic carbocycles. The minimum atomic E-state index is -4.37. The van der Waals surface area contributed by atoms with Crippen molar-refractivity contribution < 1.29 is 22.7 Å². The lowest BCUT2D eigenvalue weighted by atomic mass is 10.0. The highest BCUT2D eigenvalue weighted by atomic mass is 19.4. The van der Waals surface area contributed by atoms with Crippen LogP contribution in [0.5, 0.6) is 0 Å². The van der Waals surface area contributed by atoms with Gasteiger partial charge in [0.15, 0.2) is 0 Å². The first-order chi connectivity index (χ1) is 10.6. The Morgan fingerprint density at radius 2 is 1.83 bits per heavy atom. The van der Waals surface area contributed by atoms with Gasteiger partial charge in [-0.25, -0.2) is 4.79 Å². The molecule has 23 heavy (non-hydrogen) atoms. The molecule has 1 atom stereocenters. The van der Waals surface area contributed by atoms with Crippen molar-refractivity contribution in [2.75, 3.05) is 19.6 Å². The normalized spacial score (nSPS) is 19.6. The summed E-state index contributed by atoms with van der Waals surface area (Å²) in [5.74, 6) is 0. The van der Waals surface area contributed by atoms with E-state index < -0.39 is 23.4 Å². The molecule has 0 aliphatic carbocycles. The second-order valence-electron chi connectivity index (χ2n) is 6.51. The summed E-state index contributed by atoms with van der Waals surface area (Å²) >= 11 is 0. The first-order valence-corrected chi connectivity index (χ1v) is 7.45. The van der Waals surface area contributed by atoms with Crippen LogP contribution in [0.1, 0.15) is 37.9 Å². The van der Waals surface area contributed by atoms with E-state index in [4.69, 9.17) is 4.74 Å². The third kappa shape index (κ3) is 4.60. The number of benzene rings is 1. The number of halogens is 3. The van der Waals surface area contributed by atoms with Crippen LogP contribution in [-0.2, 0) is 10.9 Å². The molecule has 1 aliphatic heterocycles. The summed E-state index contributed by atoms with van der Waals surface area (Å²) in [7, 11) is 0. The minimum absolute atomic E-state index is 0.346. The number of alkyl halides is 3. The van der Waals surface area contributed by atoms with Crippen LogP contribution >= 0.6 is 0 Å². The highest BCUT2D eigenvalue weighted by Crippen LogP contribution is 2.31. The molecule has 0 unspecified atom stereocenters. The summed E-state index contributed by atoms with van der Waals surface area (Å²) in [6, 6.07) is 4.56. The Kier molecular flexibility index (Phi) is 4.89. The molecule has 1 amide bonds. The second-order valence-corrected chi connectivity index (χ2v) is 6.51. The topological polar surface area (TPSA) is 41.6 Å². The van der Waals surface area contributed by atoms with E-state index in [1.54, 1.807) is 25.7 Å². The van der Waals surface area contributed by atoms with Gasteiger partial charge in [-0.2, -0.15) is 13.2 Å². The average Bonchev–Trinajstić information content (AvgIpc) is 2.45. The maximum absolute atomic E-state index is 12.7. The summed E-state index contributed by atoms with van der Waals surface area (Å²) in [4.78, 5) is 13.9. The Morgan fingerprint density at radius 1 is 1.22 bits per heavy atom. The van der Waals surface area contributed by atoms with E-state index in [0.717, 1.165) is 12.1 Å². The third-order valence-electron chi connectivity index (χ3n) is 3.49. The molecule has 0 radical (unpaired) electrons. The van der Waals surface area contributed by atoms with E-state index in [2.05, 4.69) is 5.32 Å². The van der Waals surface area contributed by atoms with Gasteiger partial charge in [0.2, 0.25) is 0 Å². The highest BCUT2D eigenvalue weighted by Gasteiger charge is 2.33. The predicted octanol–water partition coefficient (Wildman–Crippen LogP) is 3.59. The Hall–Kier alpha value is -1.76. The molecule has 128 valence electrons. The first kappa shape index (κ1) is 17.6. The highest BCUT2D eigenvalue weighted by molar-refractivity contribution is 5.69. The molecule has 1 heterocycles.